The molecule has 108 valence electrons. The molecule has 0 radical (unpaired) electrons. The molecule has 2 amide bonds. The number of hydrogen-bond acceptors (Lipinski definition) is 2. The van der Waals surface area contributed by atoms with E-state index in [-0.39, 0.29) is 5.56 Å². The van der Waals surface area contributed by atoms with Gasteiger partial charge in [0, 0.05) is 15.6 Å². The van der Waals surface area contributed by atoms with Crippen molar-refractivity contribution in [1.82, 2.24) is 0 Å². The van der Waals surface area contributed by atoms with Crippen molar-refractivity contribution >= 4 is 56.6 Å². The number of carbonyl (C=O) groups excluding carboxylic acids is 2. The van der Waals surface area contributed by atoms with Crippen molar-refractivity contribution in [2.45, 2.75) is 0 Å². The summed E-state index contributed by atoms with van der Waals surface area (Å²) in [7, 11) is 0. The van der Waals surface area contributed by atoms with Crippen LogP contribution in [0.25, 0.3) is 0 Å². The van der Waals surface area contributed by atoms with Crippen LogP contribution in [0.4, 0.5) is 5.69 Å². The quantitative estimate of drug-likeness (QED) is 0.831. The van der Waals surface area contributed by atoms with Crippen molar-refractivity contribution in [3.63, 3.8) is 0 Å². The number of hydrogen-bond donors (Lipinski definition) is 2. The van der Waals surface area contributed by atoms with Gasteiger partial charge in [-0.1, -0.05) is 23.2 Å². The number of primary amides is 1. The number of rotatable bonds is 3. The summed E-state index contributed by atoms with van der Waals surface area (Å²) in [5, 5.41) is 3.33. The van der Waals surface area contributed by atoms with E-state index in [1.54, 1.807) is 12.1 Å². The lowest BCUT2D eigenvalue weighted by Gasteiger charge is -2.09. The van der Waals surface area contributed by atoms with E-state index in [0.717, 1.165) is 0 Å². The highest BCUT2D eigenvalue weighted by molar-refractivity contribution is 9.10. The zero-order valence-corrected chi connectivity index (χ0v) is 13.6. The average Bonchev–Trinajstić information content (AvgIpc) is 2.43. The lowest BCUT2D eigenvalue weighted by atomic mass is 10.1. The zero-order valence-electron chi connectivity index (χ0n) is 10.5. The summed E-state index contributed by atoms with van der Waals surface area (Å²) >= 11 is 15.2. The molecule has 0 saturated carbocycles. The Bertz CT molecular complexity index is 735. The van der Waals surface area contributed by atoms with Gasteiger partial charge in [-0.05, 0) is 52.3 Å². The zero-order chi connectivity index (χ0) is 15.6. The maximum atomic E-state index is 12.2. The monoisotopic (exact) mass is 386 g/mol. The molecular formula is C14H9BrCl2N2O2. The Balaban J connectivity index is 2.28. The summed E-state index contributed by atoms with van der Waals surface area (Å²) in [5.41, 5.74) is 6.11. The van der Waals surface area contributed by atoms with Gasteiger partial charge in [0.15, 0.2) is 0 Å². The third kappa shape index (κ3) is 3.75. The summed E-state index contributed by atoms with van der Waals surface area (Å²) in [6.07, 6.45) is 0. The van der Waals surface area contributed by atoms with Crippen LogP contribution in [0.5, 0.6) is 0 Å². The lowest BCUT2D eigenvalue weighted by molar-refractivity contribution is 0.0996. The van der Waals surface area contributed by atoms with Crippen LogP contribution in [0.1, 0.15) is 20.7 Å². The second-order valence-electron chi connectivity index (χ2n) is 4.14. The maximum Gasteiger partial charge on any atom is 0.255 e. The molecule has 2 rings (SSSR count). The fraction of sp³-hybridized carbons (Fsp3) is 0. The van der Waals surface area contributed by atoms with E-state index in [2.05, 4.69) is 21.2 Å². The number of anilines is 1. The van der Waals surface area contributed by atoms with Gasteiger partial charge in [0.2, 0.25) is 5.91 Å². The summed E-state index contributed by atoms with van der Waals surface area (Å²) in [4.78, 5) is 23.3. The highest BCUT2D eigenvalue weighted by Gasteiger charge is 2.12. The van der Waals surface area contributed by atoms with E-state index in [1.165, 1.54) is 24.3 Å². The molecule has 0 spiro atoms. The Morgan fingerprint density at radius 3 is 2.29 bits per heavy atom. The number of amides is 2. The van der Waals surface area contributed by atoms with Crippen molar-refractivity contribution < 1.29 is 9.59 Å². The number of halogens is 3. The van der Waals surface area contributed by atoms with Gasteiger partial charge < -0.3 is 11.1 Å². The van der Waals surface area contributed by atoms with Crippen molar-refractivity contribution in [3.8, 4) is 0 Å². The van der Waals surface area contributed by atoms with Gasteiger partial charge in [-0.2, -0.15) is 0 Å². The predicted molar refractivity (Wildman–Crippen MR) is 87.1 cm³/mol. The van der Waals surface area contributed by atoms with E-state index in [0.29, 0.717) is 25.8 Å². The summed E-state index contributed by atoms with van der Waals surface area (Å²) in [5.74, 6) is -0.998. The second kappa shape index (κ2) is 6.47. The first-order valence-corrected chi connectivity index (χ1v) is 7.29. The van der Waals surface area contributed by atoms with Crippen molar-refractivity contribution in [2.24, 2.45) is 5.73 Å². The van der Waals surface area contributed by atoms with Gasteiger partial charge in [-0.3, -0.25) is 9.59 Å². The Hall–Kier alpha value is -1.56. The Kier molecular flexibility index (Phi) is 4.88. The van der Waals surface area contributed by atoms with E-state index >= 15 is 0 Å². The average molecular weight is 388 g/mol. The third-order valence-electron chi connectivity index (χ3n) is 2.68. The number of nitrogens with two attached hydrogens (primary N) is 1. The number of benzene rings is 2. The third-order valence-corrected chi connectivity index (χ3v) is 4.24. The minimum absolute atomic E-state index is 0.253. The van der Waals surface area contributed by atoms with Crippen LogP contribution in [0.15, 0.2) is 40.9 Å². The van der Waals surface area contributed by atoms with E-state index in [9.17, 15) is 9.59 Å². The van der Waals surface area contributed by atoms with Crippen molar-refractivity contribution in [1.29, 1.82) is 0 Å². The molecule has 0 aliphatic carbocycles. The fourth-order valence-corrected chi connectivity index (χ4v) is 2.20. The normalized spacial score (nSPS) is 10.2. The van der Waals surface area contributed by atoms with Crippen LogP contribution in [-0.2, 0) is 0 Å². The summed E-state index contributed by atoms with van der Waals surface area (Å²) in [6, 6.07) is 9.19. The molecule has 0 atom stereocenters. The topological polar surface area (TPSA) is 72.2 Å². The molecule has 0 aromatic heterocycles. The highest BCUT2D eigenvalue weighted by atomic mass is 79.9. The minimum atomic E-state index is -0.603. The predicted octanol–water partition coefficient (Wildman–Crippen LogP) is 4.11. The number of carbonyl (C=O) groups is 2. The van der Waals surface area contributed by atoms with Crippen LogP contribution >= 0.6 is 39.1 Å². The Morgan fingerprint density at radius 2 is 1.67 bits per heavy atom. The molecule has 0 fully saturated rings. The van der Waals surface area contributed by atoms with Crippen LogP contribution in [0.2, 0.25) is 10.0 Å². The highest BCUT2D eigenvalue weighted by Crippen LogP contribution is 2.26. The largest absolute Gasteiger partial charge is 0.366 e. The van der Waals surface area contributed by atoms with E-state index in [1.807, 2.05) is 0 Å². The molecule has 21 heavy (non-hydrogen) atoms. The van der Waals surface area contributed by atoms with Gasteiger partial charge in [-0.25, -0.2) is 0 Å². The van der Waals surface area contributed by atoms with Crippen LogP contribution in [0.3, 0.4) is 0 Å². The van der Waals surface area contributed by atoms with Crippen molar-refractivity contribution in [2.75, 3.05) is 5.32 Å². The van der Waals surface area contributed by atoms with Gasteiger partial charge >= 0.3 is 0 Å². The molecule has 4 nitrogen and oxygen atoms in total. The van der Waals surface area contributed by atoms with Gasteiger partial charge in [0.1, 0.15) is 0 Å². The number of nitrogens with one attached hydrogen (secondary N) is 1. The molecule has 0 heterocycles. The minimum Gasteiger partial charge on any atom is -0.366 e. The molecule has 0 aliphatic heterocycles. The molecule has 0 unspecified atom stereocenters. The first-order valence-electron chi connectivity index (χ1n) is 5.74. The van der Waals surface area contributed by atoms with Gasteiger partial charge in [0.05, 0.1) is 15.7 Å². The lowest BCUT2D eigenvalue weighted by Crippen LogP contribution is -2.15. The summed E-state index contributed by atoms with van der Waals surface area (Å²) in [6.45, 7) is 0. The van der Waals surface area contributed by atoms with E-state index in [4.69, 9.17) is 28.9 Å². The van der Waals surface area contributed by atoms with Gasteiger partial charge in [0.25, 0.3) is 5.91 Å². The smallest absolute Gasteiger partial charge is 0.255 e. The molecule has 0 saturated heterocycles. The second-order valence-corrected chi connectivity index (χ2v) is 5.81. The maximum absolute atomic E-state index is 12.2. The molecular weight excluding hydrogens is 379 g/mol. The fourth-order valence-electron chi connectivity index (χ4n) is 1.61. The molecule has 0 aliphatic rings. The standard InChI is InChI=1S/C14H9BrCl2N2O2/c15-9-3-1-8(5-11(9)17)14(21)19-12-6-7(13(18)20)2-4-10(12)16/h1-6H,(H2,18,20)(H,19,21). The first kappa shape index (κ1) is 15.8. The molecule has 2 aromatic rings. The summed E-state index contributed by atoms with van der Waals surface area (Å²) < 4.78 is 0.689. The molecule has 0 bridgehead atoms. The molecule has 3 N–H and O–H groups in total. The molecule has 7 heteroatoms. The Morgan fingerprint density at radius 1 is 1.00 bits per heavy atom. The van der Waals surface area contributed by atoms with Crippen LogP contribution in [0, 0.1) is 0 Å². The van der Waals surface area contributed by atoms with Crippen LogP contribution in [-0.4, -0.2) is 11.8 Å². The van der Waals surface area contributed by atoms with E-state index < -0.39 is 11.8 Å². The molecule has 2 aromatic carbocycles. The Labute approximate surface area is 139 Å². The van der Waals surface area contributed by atoms with Crippen LogP contribution < -0.4 is 11.1 Å². The van der Waals surface area contributed by atoms with Gasteiger partial charge in [-0.15, -0.1) is 0 Å². The SMILES string of the molecule is NC(=O)c1ccc(Cl)c(NC(=O)c2ccc(Br)c(Cl)c2)c1. The van der Waals surface area contributed by atoms with Crippen molar-refractivity contribution in [3.05, 3.63) is 62.0 Å². The first-order chi connectivity index (χ1) is 9.88.